The number of methoxy groups -OCH3 is 1. The van der Waals surface area contributed by atoms with Crippen LogP contribution in [0, 0.1) is 0 Å². The number of nitrogens with one attached hydrogen (secondary N) is 2. The maximum atomic E-state index is 11.8. The Morgan fingerprint density at radius 3 is 2.79 bits per heavy atom. The third kappa shape index (κ3) is 5.53. The van der Waals surface area contributed by atoms with E-state index in [0.717, 1.165) is 19.3 Å². The number of amides is 1. The van der Waals surface area contributed by atoms with E-state index in [4.69, 9.17) is 4.74 Å². The Morgan fingerprint density at radius 2 is 2.08 bits per heavy atom. The van der Waals surface area contributed by atoms with Gasteiger partial charge in [-0.15, -0.1) is 0 Å². The average molecular weight is 332 g/mol. The van der Waals surface area contributed by atoms with Crippen molar-refractivity contribution < 1.29 is 9.53 Å². The summed E-state index contributed by atoms with van der Waals surface area (Å²) in [6.07, 6.45) is 3.10. The van der Waals surface area contributed by atoms with Crippen LogP contribution in [0.1, 0.15) is 17.5 Å². The van der Waals surface area contributed by atoms with E-state index in [1.54, 1.807) is 26.1 Å². The molecule has 0 heterocycles. The number of aryl methyl sites for hydroxylation is 1. The molecule has 0 saturated heterocycles. The number of nitrogens with zero attached hydrogens (tertiary/aromatic N) is 2. The van der Waals surface area contributed by atoms with Gasteiger partial charge in [0.15, 0.2) is 5.96 Å². The summed E-state index contributed by atoms with van der Waals surface area (Å²) in [6.45, 7) is 1.39. The second kappa shape index (κ2) is 9.27. The lowest BCUT2D eigenvalue weighted by Crippen LogP contribution is -2.47. The molecule has 2 N–H and O–H groups in total. The zero-order valence-corrected chi connectivity index (χ0v) is 14.8. The van der Waals surface area contributed by atoms with Crippen molar-refractivity contribution in [3.8, 4) is 0 Å². The van der Waals surface area contributed by atoms with Gasteiger partial charge in [-0.1, -0.05) is 24.3 Å². The predicted octanol–water partition coefficient (Wildman–Crippen LogP) is 0.814. The molecule has 0 aromatic heterocycles. The van der Waals surface area contributed by atoms with Crippen LogP contribution < -0.4 is 10.6 Å². The van der Waals surface area contributed by atoms with E-state index < -0.39 is 0 Å². The first-order valence-corrected chi connectivity index (χ1v) is 8.41. The molecular formula is C18H28N4O2. The Hall–Kier alpha value is -2.08. The number of carbonyl (C=O) groups excluding carboxylic acids is 1. The maximum Gasteiger partial charge on any atom is 0.243 e. The molecule has 1 amide bonds. The summed E-state index contributed by atoms with van der Waals surface area (Å²) in [6, 6.07) is 8.89. The topological polar surface area (TPSA) is 66.0 Å². The van der Waals surface area contributed by atoms with Gasteiger partial charge < -0.3 is 20.3 Å². The summed E-state index contributed by atoms with van der Waals surface area (Å²) in [4.78, 5) is 17.7. The quantitative estimate of drug-likeness (QED) is 0.460. The molecule has 132 valence electrons. The molecule has 6 nitrogen and oxygen atoms in total. The van der Waals surface area contributed by atoms with Gasteiger partial charge in [0.1, 0.15) is 6.54 Å². The number of carbonyl (C=O) groups is 1. The fourth-order valence-corrected chi connectivity index (χ4v) is 2.73. The van der Waals surface area contributed by atoms with Gasteiger partial charge >= 0.3 is 0 Å². The molecule has 0 spiro atoms. The number of aliphatic imine (C=N–C) groups is 1. The van der Waals surface area contributed by atoms with E-state index in [-0.39, 0.29) is 12.5 Å². The Kier molecular flexibility index (Phi) is 7.06. The summed E-state index contributed by atoms with van der Waals surface area (Å²) in [7, 11) is 5.14. The molecule has 0 aliphatic heterocycles. The van der Waals surface area contributed by atoms with Gasteiger partial charge in [-0.05, 0) is 30.4 Å². The lowest BCUT2D eigenvalue weighted by Gasteiger charge is -2.27. The first-order chi connectivity index (χ1) is 11.6. The van der Waals surface area contributed by atoms with Crippen molar-refractivity contribution in [3.63, 3.8) is 0 Å². The standard InChI is InChI=1S/C18H28N4O2/c1-22(2)17(23)13-20-18(19-10-11-24-3)21-16-9-8-14-6-4-5-7-15(14)12-16/h4-7,16H,8-13H2,1-3H3,(H2,19,20,21). The highest BCUT2D eigenvalue weighted by atomic mass is 16.5. The second-order valence-corrected chi connectivity index (χ2v) is 6.23. The van der Waals surface area contributed by atoms with Gasteiger partial charge in [0.25, 0.3) is 0 Å². The number of guanidine groups is 1. The Morgan fingerprint density at radius 1 is 1.33 bits per heavy atom. The van der Waals surface area contributed by atoms with E-state index >= 15 is 0 Å². The smallest absolute Gasteiger partial charge is 0.243 e. The van der Waals surface area contributed by atoms with E-state index in [0.29, 0.717) is 25.2 Å². The van der Waals surface area contributed by atoms with Gasteiger partial charge in [0, 0.05) is 33.8 Å². The molecule has 1 aromatic carbocycles. The minimum Gasteiger partial charge on any atom is -0.383 e. The molecule has 1 unspecified atom stereocenters. The van der Waals surface area contributed by atoms with Gasteiger partial charge in [-0.25, -0.2) is 4.99 Å². The largest absolute Gasteiger partial charge is 0.383 e. The van der Waals surface area contributed by atoms with Gasteiger partial charge in [-0.2, -0.15) is 0 Å². The molecule has 1 aliphatic carbocycles. The Balaban J connectivity index is 1.97. The third-order valence-electron chi connectivity index (χ3n) is 4.16. The number of hydrogen-bond donors (Lipinski definition) is 2. The van der Waals surface area contributed by atoms with E-state index in [2.05, 4.69) is 39.9 Å². The minimum absolute atomic E-state index is 0.0168. The minimum atomic E-state index is -0.0168. The molecule has 1 aliphatic rings. The van der Waals surface area contributed by atoms with Crippen molar-refractivity contribution in [2.24, 2.45) is 4.99 Å². The predicted molar refractivity (Wildman–Crippen MR) is 96.3 cm³/mol. The van der Waals surface area contributed by atoms with Crippen LogP contribution in [0.5, 0.6) is 0 Å². The van der Waals surface area contributed by atoms with Crippen LogP contribution in [-0.4, -0.2) is 63.7 Å². The third-order valence-corrected chi connectivity index (χ3v) is 4.16. The van der Waals surface area contributed by atoms with Crippen LogP contribution >= 0.6 is 0 Å². The number of likely N-dealkylation sites (N-methyl/N-ethyl adjacent to an activating group) is 1. The summed E-state index contributed by atoms with van der Waals surface area (Å²) >= 11 is 0. The molecule has 0 fully saturated rings. The molecule has 2 rings (SSSR count). The van der Waals surface area contributed by atoms with E-state index in [9.17, 15) is 4.79 Å². The lowest BCUT2D eigenvalue weighted by atomic mass is 9.88. The highest BCUT2D eigenvalue weighted by Gasteiger charge is 2.19. The molecule has 0 radical (unpaired) electrons. The fraction of sp³-hybridized carbons (Fsp3) is 0.556. The van der Waals surface area contributed by atoms with Gasteiger partial charge in [0.05, 0.1) is 6.61 Å². The average Bonchev–Trinajstić information content (AvgIpc) is 2.59. The summed E-state index contributed by atoms with van der Waals surface area (Å²) < 4.78 is 5.07. The van der Waals surface area contributed by atoms with Crippen LogP contribution in [-0.2, 0) is 22.4 Å². The highest BCUT2D eigenvalue weighted by molar-refractivity contribution is 5.85. The van der Waals surface area contributed by atoms with E-state index in [1.807, 2.05) is 0 Å². The number of benzene rings is 1. The number of ether oxygens (including phenoxy) is 1. The number of fused-ring (bicyclic) bond motifs is 1. The van der Waals surface area contributed by atoms with Crippen LogP contribution in [0.4, 0.5) is 0 Å². The SMILES string of the molecule is COCCNC(=NCC(=O)N(C)C)NC1CCc2ccccc2C1. The Bertz CT molecular complexity index is 572. The molecule has 1 aromatic rings. The second-order valence-electron chi connectivity index (χ2n) is 6.23. The summed E-state index contributed by atoms with van der Waals surface area (Å²) in [5.41, 5.74) is 2.83. The molecule has 0 bridgehead atoms. The molecule has 1 atom stereocenters. The normalized spacial score (nSPS) is 17.1. The van der Waals surface area contributed by atoms with Gasteiger partial charge in [0.2, 0.25) is 5.91 Å². The van der Waals surface area contributed by atoms with Crippen molar-refractivity contribution >= 4 is 11.9 Å². The number of rotatable bonds is 6. The lowest BCUT2D eigenvalue weighted by molar-refractivity contribution is -0.127. The zero-order chi connectivity index (χ0) is 17.4. The Labute approximate surface area is 144 Å². The van der Waals surface area contributed by atoms with Crippen LogP contribution in [0.3, 0.4) is 0 Å². The van der Waals surface area contributed by atoms with Crippen molar-refractivity contribution in [2.75, 3.05) is 40.9 Å². The van der Waals surface area contributed by atoms with Crippen LogP contribution in [0.2, 0.25) is 0 Å². The van der Waals surface area contributed by atoms with Crippen LogP contribution in [0.25, 0.3) is 0 Å². The van der Waals surface area contributed by atoms with Crippen LogP contribution in [0.15, 0.2) is 29.3 Å². The van der Waals surface area contributed by atoms with E-state index in [1.165, 1.54) is 11.1 Å². The molecule has 6 heteroatoms. The molecular weight excluding hydrogens is 304 g/mol. The summed E-state index contributed by atoms with van der Waals surface area (Å²) in [5, 5.41) is 6.69. The van der Waals surface area contributed by atoms with Crippen molar-refractivity contribution in [1.82, 2.24) is 15.5 Å². The van der Waals surface area contributed by atoms with Crippen molar-refractivity contribution in [3.05, 3.63) is 35.4 Å². The fourth-order valence-electron chi connectivity index (χ4n) is 2.73. The van der Waals surface area contributed by atoms with Crippen molar-refractivity contribution in [2.45, 2.75) is 25.3 Å². The molecule has 0 saturated carbocycles. The van der Waals surface area contributed by atoms with Crippen molar-refractivity contribution in [1.29, 1.82) is 0 Å². The molecule has 24 heavy (non-hydrogen) atoms. The number of hydrogen-bond acceptors (Lipinski definition) is 3. The monoisotopic (exact) mass is 332 g/mol. The van der Waals surface area contributed by atoms with Gasteiger partial charge in [-0.3, -0.25) is 4.79 Å². The summed E-state index contributed by atoms with van der Waals surface area (Å²) in [5.74, 6) is 0.656. The highest BCUT2D eigenvalue weighted by Crippen LogP contribution is 2.20. The maximum absolute atomic E-state index is 11.8. The first kappa shape index (κ1) is 18.3. The first-order valence-electron chi connectivity index (χ1n) is 8.41. The zero-order valence-electron chi connectivity index (χ0n) is 14.8.